The average Bonchev–Trinajstić information content (AvgIpc) is 2.33. The Bertz CT molecular complexity index is 184. The monoisotopic (exact) mass is 408 g/mol. The molecule has 0 aliphatic heterocycles. The minimum absolute atomic E-state index is 0. The number of rotatable bonds is 0. The maximum absolute atomic E-state index is 4.13. The molecule has 17 heavy (non-hydrogen) atoms. The Labute approximate surface area is 123 Å². The van der Waals surface area contributed by atoms with Crippen LogP contribution in [0.5, 0.6) is 0 Å². The van der Waals surface area contributed by atoms with Crippen LogP contribution in [0.15, 0.2) is 3.34 Å². The van der Waals surface area contributed by atoms with Gasteiger partial charge in [-0.3, -0.25) is 0 Å². The molecule has 0 aromatic heterocycles. The summed E-state index contributed by atoms with van der Waals surface area (Å²) in [4.78, 5) is 0. The van der Waals surface area contributed by atoms with Crippen LogP contribution in [0.1, 0.15) is 54.9 Å². The minimum Gasteiger partial charge on any atom is -0.358 e. The molecular weight excluding hydrogens is 375 g/mol. The quantitative estimate of drug-likeness (QED) is 0.479. The van der Waals surface area contributed by atoms with Crippen LogP contribution in [0.25, 0.3) is 0 Å². The minimum atomic E-state index is 0. The van der Waals surface area contributed by atoms with Crippen molar-refractivity contribution >= 4 is 0 Å². The van der Waals surface area contributed by atoms with Crippen LogP contribution >= 0.6 is 0 Å². The first-order chi connectivity index (χ1) is 6.69. The van der Waals surface area contributed by atoms with Crippen LogP contribution < -0.4 is 0 Å². The summed E-state index contributed by atoms with van der Waals surface area (Å²) in [5.41, 5.74) is 0.216. The van der Waals surface area contributed by atoms with Gasteiger partial charge in [0.05, 0.1) is 0 Å². The summed E-state index contributed by atoms with van der Waals surface area (Å²) < 4.78 is 4.13. The molecule has 1 nitrogen and oxygen atoms in total. The van der Waals surface area contributed by atoms with Gasteiger partial charge in [-0.2, -0.15) is 0 Å². The summed E-state index contributed by atoms with van der Waals surface area (Å²) in [6.07, 6.45) is 1.45. The van der Waals surface area contributed by atoms with Gasteiger partial charge in [-0.1, -0.05) is 27.7 Å². The van der Waals surface area contributed by atoms with E-state index in [9.17, 15) is 0 Å². The van der Waals surface area contributed by atoms with E-state index in [1.807, 2.05) is 0 Å². The zero-order valence-electron chi connectivity index (χ0n) is 13.4. The maximum atomic E-state index is 4.13. The third kappa shape index (κ3) is 9.16. The Kier molecular flexibility index (Phi) is 12.6. The zero-order chi connectivity index (χ0) is 12.2. The van der Waals surface area contributed by atoms with Crippen molar-refractivity contribution in [3.05, 3.63) is 14.9 Å². The van der Waals surface area contributed by atoms with E-state index < -0.39 is 0 Å². The molecule has 0 radical (unpaired) electrons. The van der Waals surface area contributed by atoms with Gasteiger partial charge in [0.2, 0.25) is 0 Å². The predicted octanol–water partition coefficient (Wildman–Crippen LogP) is 5.35. The van der Waals surface area contributed by atoms with Crippen LogP contribution in [-0.4, -0.2) is 5.54 Å². The van der Waals surface area contributed by atoms with Crippen molar-refractivity contribution in [1.82, 2.24) is 0 Å². The summed E-state index contributed by atoms with van der Waals surface area (Å²) in [7, 11) is 0. The third-order valence-electron chi connectivity index (χ3n) is 3.67. The number of hydrogen-bond acceptors (Lipinski definition) is 1. The molecule has 0 N–H and O–H groups in total. The van der Waals surface area contributed by atoms with Gasteiger partial charge in [0.25, 0.3) is 0 Å². The van der Waals surface area contributed by atoms with Crippen LogP contribution in [0.3, 0.4) is 0 Å². The molecule has 4 unspecified atom stereocenters. The Balaban J connectivity index is -0.000000221. The van der Waals surface area contributed by atoms with E-state index in [2.05, 4.69) is 51.8 Å². The SMILES string of the molecule is CC(C)(C)[N]=[Ta].CC1CC(C)C(C)C1C.[CH3-].[CH3-]. The molecule has 0 aromatic carbocycles. The fraction of sp³-hybridized carbons (Fsp3) is 0.867. The van der Waals surface area contributed by atoms with E-state index in [1.54, 1.807) is 0 Å². The van der Waals surface area contributed by atoms with Crippen molar-refractivity contribution < 1.29 is 20.9 Å². The summed E-state index contributed by atoms with van der Waals surface area (Å²) in [6.45, 7) is 15.8. The molecule has 1 saturated carbocycles. The standard InChI is InChI=1S/C9H18.C4H9N.2CH3.Ta/c1-6-5-7(2)9(4)8(6)3;1-4(2,3)5;;;/h6-9H,5H2,1-4H3;1-3H3;2*1H3;/q;;2*-1;. The molecule has 2 heteroatoms. The normalized spacial score (nSPS) is 31.4. The smallest absolute Gasteiger partial charge is 0.0389 e. The van der Waals surface area contributed by atoms with E-state index in [4.69, 9.17) is 0 Å². The van der Waals surface area contributed by atoms with Gasteiger partial charge in [0.1, 0.15) is 0 Å². The van der Waals surface area contributed by atoms with E-state index in [1.165, 1.54) is 6.42 Å². The average molecular weight is 408 g/mol. The molecule has 0 heterocycles. The molecule has 1 aliphatic rings. The van der Waals surface area contributed by atoms with Gasteiger partial charge in [0, 0.05) is 0 Å². The van der Waals surface area contributed by atoms with E-state index in [0.717, 1.165) is 44.6 Å². The second kappa shape index (κ2) is 9.47. The fourth-order valence-corrected chi connectivity index (χ4v) is 2.05. The molecule has 0 aromatic rings. The van der Waals surface area contributed by atoms with Crippen molar-refractivity contribution in [2.75, 3.05) is 0 Å². The second-order valence-corrected chi connectivity index (χ2v) is 6.90. The first-order valence-electron chi connectivity index (χ1n) is 6.05. The second-order valence-electron chi connectivity index (χ2n) is 6.18. The summed E-state index contributed by atoms with van der Waals surface area (Å²) >= 11 is 1.15. The van der Waals surface area contributed by atoms with Crippen molar-refractivity contribution in [2.24, 2.45) is 27.0 Å². The molecular formula is C15H33NTa-2. The van der Waals surface area contributed by atoms with Crippen molar-refractivity contribution in [3.8, 4) is 0 Å². The summed E-state index contributed by atoms with van der Waals surface area (Å²) in [5.74, 6) is 3.85. The Hall–Kier alpha value is 0.540. The van der Waals surface area contributed by atoms with Gasteiger partial charge < -0.3 is 14.9 Å². The van der Waals surface area contributed by atoms with Crippen LogP contribution in [0, 0.1) is 38.5 Å². The largest absolute Gasteiger partial charge is 0.358 e. The van der Waals surface area contributed by atoms with E-state index in [0.29, 0.717) is 0 Å². The van der Waals surface area contributed by atoms with E-state index in [-0.39, 0.29) is 20.4 Å². The number of hydrogen-bond donors (Lipinski definition) is 0. The molecule has 0 spiro atoms. The van der Waals surface area contributed by atoms with Crippen LogP contribution in [0.4, 0.5) is 0 Å². The molecule has 0 bridgehead atoms. The first kappa shape index (κ1) is 22.7. The molecule has 1 rings (SSSR count). The van der Waals surface area contributed by atoms with E-state index >= 15 is 0 Å². The molecule has 105 valence electrons. The maximum Gasteiger partial charge on any atom is -0.0389 e. The van der Waals surface area contributed by atoms with Crippen molar-refractivity contribution in [3.63, 3.8) is 0 Å². The zero-order valence-corrected chi connectivity index (χ0v) is 16.6. The molecule has 1 fully saturated rings. The van der Waals surface area contributed by atoms with Gasteiger partial charge in [-0.05, 0) is 30.1 Å². The first-order valence-corrected chi connectivity index (χ1v) is 7.49. The Morgan fingerprint density at radius 1 is 0.882 bits per heavy atom. The van der Waals surface area contributed by atoms with Gasteiger partial charge >= 0.3 is 50.5 Å². The van der Waals surface area contributed by atoms with Crippen LogP contribution in [0.2, 0.25) is 0 Å². The Morgan fingerprint density at radius 2 is 1.12 bits per heavy atom. The molecule has 4 atom stereocenters. The number of nitrogens with zero attached hydrogens (tertiary/aromatic N) is 1. The fourth-order valence-electron chi connectivity index (χ4n) is 2.05. The molecule has 0 amide bonds. The Morgan fingerprint density at radius 3 is 1.18 bits per heavy atom. The van der Waals surface area contributed by atoms with Crippen LogP contribution in [-0.2, 0) is 20.9 Å². The summed E-state index contributed by atoms with van der Waals surface area (Å²) in [6, 6.07) is 0. The summed E-state index contributed by atoms with van der Waals surface area (Å²) in [5, 5.41) is 0. The van der Waals surface area contributed by atoms with Crippen molar-refractivity contribution in [2.45, 2.75) is 60.4 Å². The van der Waals surface area contributed by atoms with Crippen molar-refractivity contribution in [1.29, 1.82) is 0 Å². The molecule has 0 saturated heterocycles. The topological polar surface area (TPSA) is 12.4 Å². The third-order valence-corrected chi connectivity index (χ3v) is 5.82. The molecule has 1 aliphatic carbocycles. The van der Waals surface area contributed by atoms with Gasteiger partial charge in [-0.25, -0.2) is 0 Å². The predicted molar refractivity (Wildman–Crippen MR) is 76.3 cm³/mol. The van der Waals surface area contributed by atoms with Gasteiger partial charge in [-0.15, -0.1) is 0 Å². The van der Waals surface area contributed by atoms with Gasteiger partial charge in [0.15, 0.2) is 0 Å².